The van der Waals surface area contributed by atoms with Gasteiger partial charge in [0.25, 0.3) is 0 Å². The van der Waals surface area contributed by atoms with E-state index in [2.05, 4.69) is 31.0 Å². The summed E-state index contributed by atoms with van der Waals surface area (Å²) in [5.74, 6) is 0.875. The van der Waals surface area contributed by atoms with E-state index in [9.17, 15) is 0 Å². The van der Waals surface area contributed by atoms with Gasteiger partial charge in [-0.15, -0.1) is 0 Å². The third-order valence-electron chi connectivity index (χ3n) is 4.56. The SMILES string of the molecule is CC(C)(C)NCC1CCCN(C2CCCCC2)C1. The van der Waals surface area contributed by atoms with E-state index in [4.69, 9.17) is 0 Å². The van der Waals surface area contributed by atoms with Crippen molar-refractivity contribution < 1.29 is 0 Å². The zero-order valence-corrected chi connectivity index (χ0v) is 12.7. The summed E-state index contributed by atoms with van der Waals surface area (Å²) >= 11 is 0. The minimum atomic E-state index is 0.271. The minimum absolute atomic E-state index is 0.271. The van der Waals surface area contributed by atoms with E-state index >= 15 is 0 Å². The summed E-state index contributed by atoms with van der Waals surface area (Å²) in [6.45, 7) is 10.7. The highest BCUT2D eigenvalue weighted by atomic mass is 15.2. The molecule has 2 heteroatoms. The fourth-order valence-electron chi connectivity index (χ4n) is 3.49. The Balaban J connectivity index is 1.77. The van der Waals surface area contributed by atoms with Crippen LogP contribution < -0.4 is 5.32 Å². The van der Waals surface area contributed by atoms with E-state index in [1.165, 1.54) is 64.6 Å². The molecule has 0 spiro atoms. The predicted octanol–water partition coefficient (Wildman–Crippen LogP) is 3.42. The van der Waals surface area contributed by atoms with Crippen molar-refractivity contribution in [1.82, 2.24) is 10.2 Å². The summed E-state index contributed by atoms with van der Waals surface area (Å²) in [6.07, 6.45) is 10.1. The van der Waals surface area contributed by atoms with Gasteiger partial charge >= 0.3 is 0 Å². The fourth-order valence-corrected chi connectivity index (χ4v) is 3.49. The molecule has 1 aliphatic carbocycles. The number of hydrogen-bond acceptors (Lipinski definition) is 2. The molecule has 1 atom stereocenters. The van der Waals surface area contributed by atoms with Gasteiger partial charge in [-0.2, -0.15) is 0 Å². The second kappa shape index (κ2) is 6.38. The summed E-state index contributed by atoms with van der Waals surface area (Å²) in [5, 5.41) is 3.69. The van der Waals surface area contributed by atoms with E-state index in [0.717, 1.165) is 12.0 Å². The molecule has 1 aliphatic heterocycles. The molecule has 1 N–H and O–H groups in total. The topological polar surface area (TPSA) is 15.3 Å². The van der Waals surface area contributed by atoms with Crippen molar-refractivity contribution in [3.63, 3.8) is 0 Å². The third-order valence-corrected chi connectivity index (χ3v) is 4.56. The molecule has 0 aromatic rings. The molecule has 18 heavy (non-hydrogen) atoms. The van der Waals surface area contributed by atoms with Gasteiger partial charge < -0.3 is 10.2 Å². The van der Waals surface area contributed by atoms with Crippen LogP contribution in [0.25, 0.3) is 0 Å². The molecule has 1 saturated carbocycles. The van der Waals surface area contributed by atoms with Crippen molar-refractivity contribution in [1.29, 1.82) is 0 Å². The number of hydrogen-bond donors (Lipinski definition) is 1. The van der Waals surface area contributed by atoms with Crippen molar-refractivity contribution >= 4 is 0 Å². The normalized spacial score (nSPS) is 28.5. The first-order valence-corrected chi connectivity index (χ1v) is 8.04. The number of nitrogens with one attached hydrogen (secondary N) is 1. The molecule has 106 valence electrons. The lowest BCUT2D eigenvalue weighted by Gasteiger charge is -2.40. The van der Waals surface area contributed by atoms with Crippen molar-refractivity contribution in [3.8, 4) is 0 Å². The molecule has 0 aromatic heterocycles. The van der Waals surface area contributed by atoms with Gasteiger partial charge in [-0.3, -0.25) is 0 Å². The minimum Gasteiger partial charge on any atom is -0.312 e. The lowest BCUT2D eigenvalue weighted by molar-refractivity contribution is 0.0956. The summed E-state index contributed by atoms with van der Waals surface area (Å²) in [6, 6.07) is 0.913. The van der Waals surface area contributed by atoms with E-state index < -0.39 is 0 Å². The monoisotopic (exact) mass is 252 g/mol. The van der Waals surface area contributed by atoms with Crippen molar-refractivity contribution in [2.45, 2.75) is 77.3 Å². The van der Waals surface area contributed by atoms with Crippen LogP contribution >= 0.6 is 0 Å². The standard InChI is InChI=1S/C16H32N2/c1-16(2,3)17-12-14-8-7-11-18(13-14)15-9-5-4-6-10-15/h14-15,17H,4-13H2,1-3H3. The molecule has 0 aromatic carbocycles. The Morgan fingerprint density at radius 1 is 1.00 bits per heavy atom. The summed E-state index contributed by atoms with van der Waals surface area (Å²) in [7, 11) is 0. The van der Waals surface area contributed by atoms with E-state index in [1.54, 1.807) is 0 Å². The van der Waals surface area contributed by atoms with Gasteiger partial charge in [0.15, 0.2) is 0 Å². The molecule has 0 radical (unpaired) electrons. The fraction of sp³-hybridized carbons (Fsp3) is 1.00. The van der Waals surface area contributed by atoms with Crippen LogP contribution in [0.2, 0.25) is 0 Å². The largest absolute Gasteiger partial charge is 0.312 e. The van der Waals surface area contributed by atoms with Gasteiger partial charge in [-0.1, -0.05) is 19.3 Å². The molecule has 1 heterocycles. The first-order chi connectivity index (χ1) is 8.54. The lowest BCUT2D eigenvalue weighted by Crippen LogP contribution is -2.48. The number of rotatable bonds is 3. The highest BCUT2D eigenvalue weighted by Gasteiger charge is 2.27. The van der Waals surface area contributed by atoms with Gasteiger partial charge in [0.1, 0.15) is 0 Å². The summed E-state index contributed by atoms with van der Waals surface area (Å²) in [5.41, 5.74) is 0.271. The van der Waals surface area contributed by atoms with E-state index in [0.29, 0.717) is 0 Å². The van der Waals surface area contributed by atoms with Crippen LogP contribution in [0.4, 0.5) is 0 Å². The Morgan fingerprint density at radius 2 is 1.72 bits per heavy atom. The summed E-state index contributed by atoms with van der Waals surface area (Å²) < 4.78 is 0. The Labute approximate surface area is 114 Å². The van der Waals surface area contributed by atoms with Crippen LogP contribution in [0.15, 0.2) is 0 Å². The quantitative estimate of drug-likeness (QED) is 0.828. The maximum absolute atomic E-state index is 3.69. The highest BCUT2D eigenvalue weighted by Crippen LogP contribution is 2.27. The van der Waals surface area contributed by atoms with Gasteiger partial charge in [0.05, 0.1) is 0 Å². The van der Waals surface area contributed by atoms with Gasteiger partial charge in [0.2, 0.25) is 0 Å². The Kier molecular flexibility index (Phi) is 5.08. The van der Waals surface area contributed by atoms with Gasteiger partial charge in [-0.25, -0.2) is 0 Å². The third kappa shape index (κ3) is 4.55. The molecule has 0 amide bonds. The number of likely N-dealkylation sites (tertiary alicyclic amines) is 1. The second-order valence-electron chi connectivity index (χ2n) is 7.43. The smallest absolute Gasteiger partial charge is 0.00966 e. The average Bonchev–Trinajstić information content (AvgIpc) is 2.37. The molecule has 2 aliphatic rings. The molecule has 2 fully saturated rings. The second-order valence-corrected chi connectivity index (χ2v) is 7.43. The van der Waals surface area contributed by atoms with Crippen molar-refractivity contribution in [3.05, 3.63) is 0 Å². The molecule has 0 bridgehead atoms. The zero-order valence-electron chi connectivity index (χ0n) is 12.7. The Hall–Kier alpha value is -0.0800. The summed E-state index contributed by atoms with van der Waals surface area (Å²) in [4.78, 5) is 2.80. The number of nitrogens with zero attached hydrogens (tertiary/aromatic N) is 1. The van der Waals surface area contributed by atoms with Gasteiger partial charge in [0, 0.05) is 18.1 Å². The van der Waals surface area contributed by atoms with Crippen molar-refractivity contribution in [2.75, 3.05) is 19.6 Å². The molecular formula is C16H32N2. The maximum atomic E-state index is 3.69. The van der Waals surface area contributed by atoms with Crippen molar-refractivity contribution in [2.24, 2.45) is 5.92 Å². The number of piperidine rings is 1. The molecular weight excluding hydrogens is 220 g/mol. The van der Waals surface area contributed by atoms with Gasteiger partial charge in [-0.05, 0) is 65.5 Å². The highest BCUT2D eigenvalue weighted by molar-refractivity contribution is 4.83. The Bertz CT molecular complexity index is 238. The van der Waals surface area contributed by atoms with Crippen LogP contribution in [0.1, 0.15) is 65.7 Å². The molecule has 1 saturated heterocycles. The zero-order chi connectivity index (χ0) is 13.0. The first-order valence-electron chi connectivity index (χ1n) is 8.04. The average molecular weight is 252 g/mol. The van der Waals surface area contributed by atoms with Crippen LogP contribution in [0, 0.1) is 5.92 Å². The van der Waals surface area contributed by atoms with E-state index in [1.807, 2.05) is 0 Å². The molecule has 1 unspecified atom stereocenters. The lowest BCUT2D eigenvalue weighted by atomic mass is 9.90. The molecule has 2 nitrogen and oxygen atoms in total. The van der Waals surface area contributed by atoms with Crippen LogP contribution in [0.5, 0.6) is 0 Å². The predicted molar refractivity (Wildman–Crippen MR) is 78.9 cm³/mol. The first kappa shape index (κ1) is 14.3. The van der Waals surface area contributed by atoms with Crippen LogP contribution in [-0.4, -0.2) is 36.1 Å². The van der Waals surface area contributed by atoms with Crippen LogP contribution in [0.3, 0.4) is 0 Å². The van der Waals surface area contributed by atoms with Crippen LogP contribution in [-0.2, 0) is 0 Å². The van der Waals surface area contributed by atoms with E-state index in [-0.39, 0.29) is 5.54 Å². The molecule has 2 rings (SSSR count). The maximum Gasteiger partial charge on any atom is 0.00966 e. The Morgan fingerprint density at radius 3 is 2.39 bits per heavy atom.